The normalized spacial score (nSPS) is 49.6. The summed E-state index contributed by atoms with van der Waals surface area (Å²) in [4.78, 5) is 35.9. The minimum Gasteiger partial charge on any atom is -0.450 e. The fourth-order valence-electron chi connectivity index (χ4n) is 7.74. The average molecular weight is 469 g/mol. The molecule has 6 nitrogen and oxygen atoms in total. The Kier molecular flexibility index (Phi) is 5.32. The number of carbonyl (C=O) groups excluding carboxylic acids is 3. The van der Waals surface area contributed by atoms with Gasteiger partial charge in [0.15, 0.2) is 11.4 Å². The largest absolute Gasteiger partial charge is 0.450 e. The monoisotopic (exact) mass is 468 g/mol. The molecule has 0 aliphatic heterocycles. The van der Waals surface area contributed by atoms with Crippen molar-refractivity contribution in [1.82, 2.24) is 0 Å². The number of aliphatic hydroxyl groups excluding tert-OH is 2. The number of Topliss-reactive ketones (excluding diaryl/α,β-unsaturated/α-hetero) is 1. The van der Waals surface area contributed by atoms with Gasteiger partial charge in [0.05, 0.1) is 11.0 Å². The molecule has 3 fully saturated rings. The second-order valence-electron chi connectivity index (χ2n) is 10.4. The quantitative estimate of drug-likeness (QED) is 0.488. The van der Waals surface area contributed by atoms with Crippen LogP contribution in [0.3, 0.4) is 0 Å². The molecule has 0 saturated heterocycles. The van der Waals surface area contributed by atoms with Gasteiger partial charge in [0.1, 0.15) is 12.8 Å². The molecule has 4 aliphatic carbocycles. The van der Waals surface area contributed by atoms with Crippen molar-refractivity contribution in [1.29, 1.82) is 0 Å². The summed E-state index contributed by atoms with van der Waals surface area (Å²) >= 11 is 7.28. The van der Waals surface area contributed by atoms with E-state index in [0.29, 0.717) is 6.42 Å². The van der Waals surface area contributed by atoms with Crippen LogP contribution in [0.15, 0.2) is 23.8 Å². The van der Waals surface area contributed by atoms with E-state index < -0.39 is 63.8 Å². The summed E-state index contributed by atoms with van der Waals surface area (Å²) < 4.78 is 21.2. The molecule has 3 saturated carbocycles. The Morgan fingerprint density at radius 1 is 1.28 bits per heavy atom. The van der Waals surface area contributed by atoms with Crippen LogP contribution in [0.4, 0.5) is 4.39 Å². The molecule has 4 aliphatic rings. The number of alkyl halides is 2. The van der Waals surface area contributed by atoms with E-state index in [1.165, 1.54) is 19.1 Å². The summed E-state index contributed by atoms with van der Waals surface area (Å²) in [6, 6.07) is 0. The van der Waals surface area contributed by atoms with Gasteiger partial charge in [-0.05, 0) is 48.8 Å². The first kappa shape index (κ1) is 23.6. The van der Waals surface area contributed by atoms with E-state index in [1.54, 1.807) is 26.8 Å². The molecule has 32 heavy (non-hydrogen) atoms. The van der Waals surface area contributed by atoms with Crippen molar-refractivity contribution in [2.24, 2.45) is 28.6 Å². The van der Waals surface area contributed by atoms with Crippen LogP contribution in [0.2, 0.25) is 0 Å². The zero-order valence-electron chi connectivity index (χ0n) is 18.7. The Hall–Kier alpha value is -1.57. The van der Waals surface area contributed by atoms with Crippen LogP contribution < -0.4 is 0 Å². The average Bonchev–Trinajstić information content (AvgIpc) is 2.92. The number of halogens is 2. The number of carbonyl (C=O) groups is 3. The standard InChI is InChI=1S/C24H30ClFO6/c1-12-7-15-16-9-18(26)17-8-14(29)5-6-21(17,3)23(16,25)19(30)10-22(15,4)24(12,20(31)11-27)32-13(2)28/h5-6,8,12,15-16,18-19,27,30H,7,9-11H2,1-4H3/t12?,15-,16-,18?,19-,21-,22-,23-,24+/m0/s1. The predicted molar refractivity (Wildman–Crippen MR) is 115 cm³/mol. The van der Waals surface area contributed by atoms with E-state index >= 15 is 4.39 Å². The minimum atomic E-state index is -1.64. The van der Waals surface area contributed by atoms with Crippen molar-refractivity contribution >= 4 is 29.1 Å². The second kappa shape index (κ2) is 7.21. The molecule has 0 bridgehead atoms. The highest BCUT2D eigenvalue weighted by atomic mass is 35.5. The first-order valence-electron chi connectivity index (χ1n) is 11.1. The molecule has 0 aromatic carbocycles. The molecule has 0 amide bonds. The maximum Gasteiger partial charge on any atom is 0.303 e. The number of rotatable bonds is 3. The van der Waals surface area contributed by atoms with Crippen molar-refractivity contribution in [3.05, 3.63) is 23.8 Å². The van der Waals surface area contributed by atoms with E-state index in [4.69, 9.17) is 16.3 Å². The first-order valence-corrected chi connectivity index (χ1v) is 11.5. The lowest BCUT2D eigenvalue weighted by molar-refractivity contribution is -0.202. The van der Waals surface area contributed by atoms with Gasteiger partial charge in [-0.25, -0.2) is 4.39 Å². The summed E-state index contributed by atoms with van der Waals surface area (Å²) in [7, 11) is 0. The number of ketones is 2. The highest BCUT2D eigenvalue weighted by Crippen LogP contribution is 2.72. The Morgan fingerprint density at radius 2 is 1.94 bits per heavy atom. The van der Waals surface area contributed by atoms with E-state index in [9.17, 15) is 24.6 Å². The van der Waals surface area contributed by atoms with Crippen LogP contribution in [0.5, 0.6) is 0 Å². The van der Waals surface area contributed by atoms with Crippen LogP contribution >= 0.6 is 11.6 Å². The van der Waals surface area contributed by atoms with Gasteiger partial charge in [0.25, 0.3) is 0 Å². The first-order chi connectivity index (χ1) is 14.8. The van der Waals surface area contributed by atoms with Crippen LogP contribution in [-0.4, -0.2) is 57.1 Å². The molecule has 0 radical (unpaired) electrons. The van der Waals surface area contributed by atoms with Crippen molar-refractivity contribution < 1.29 is 33.7 Å². The molecule has 9 atom stereocenters. The number of ether oxygens (including phenoxy) is 1. The van der Waals surface area contributed by atoms with Crippen molar-refractivity contribution in [2.75, 3.05) is 6.61 Å². The lowest BCUT2D eigenvalue weighted by Crippen LogP contribution is -2.70. The molecular weight excluding hydrogens is 439 g/mol. The summed E-state index contributed by atoms with van der Waals surface area (Å²) in [6.07, 6.45) is 2.06. The molecule has 4 rings (SSSR count). The Labute approximate surface area is 191 Å². The van der Waals surface area contributed by atoms with E-state index in [-0.39, 0.29) is 30.1 Å². The number of allylic oxidation sites excluding steroid dienone is 4. The predicted octanol–water partition coefficient (Wildman–Crippen LogP) is 2.68. The molecule has 0 aromatic rings. The minimum absolute atomic E-state index is 0.0143. The van der Waals surface area contributed by atoms with Crippen LogP contribution in [-0.2, 0) is 19.1 Å². The van der Waals surface area contributed by atoms with E-state index in [0.717, 1.165) is 0 Å². The third-order valence-electron chi connectivity index (χ3n) is 9.03. The second-order valence-corrected chi connectivity index (χ2v) is 11.0. The van der Waals surface area contributed by atoms with Gasteiger partial charge in [0.2, 0.25) is 5.78 Å². The maximum absolute atomic E-state index is 15.5. The summed E-state index contributed by atoms with van der Waals surface area (Å²) in [5, 5.41) is 21.3. The molecule has 2 N–H and O–H groups in total. The fourth-order valence-corrected chi connectivity index (χ4v) is 8.23. The van der Waals surface area contributed by atoms with Gasteiger partial charge in [-0.1, -0.05) is 26.8 Å². The summed E-state index contributed by atoms with van der Waals surface area (Å²) in [5.41, 5.74) is -3.52. The number of hydrogen-bond donors (Lipinski definition) is 2. The highest BCUT2D eigenvalue weighted by molar-refractivity contribution is 6.26. The number of fused-ring (bicyclic) bond motifs is 5. The van der Waals surface area contributed by atoms with E-state index in [2.05, 4.69) is 0 Å². The van der Waals surface area contributed by atoms with Gasteiger partial charge in [-0.2, -0.15) is 0 Å². The van der Waals surface area contributed by atoms with Gasteiger partial charge in [0, 0.05) is 23.7 Å². The number of esters is 1. The van der Waals surface area contributed by atoms with Crippen LogP contribution in [0.1, 0.15) is 47.0 Å². The Balaban J connectivity index is 1.89. The lowest BCUT2D eigenvalue weighted by Gasteiger charge is -2.64. The van der Waals surface area contributed by atoms with Crippen LogP contribution in [0.25, 0.3) is 0 Å². The number of aliphatic hydroxyl groups is 2. The maximum atomic E-state index is 15.5. The Bertz CT molecular complexity index is 947. The van der Waals surface area contributed by atoms with Crippen molar-refractivity contribution in [3.63, 3.8) is 0 Å². The summed E-state index contributed by atoms with van der Waals surface area (Å²) in [5.74, 6) is -2.96. The summed E-state index contributed by atoms with van der Waals surface area (Å²) in [6.45, 7) is 5.70. The molecule has 2 unspecified atom stereocenters. The third-order valence-corrected chi connectivity index (χ3v) is 9.96. The fraction of sp³-hybridized carbons (Fsp3) is 0.708. The van der Waals surface area contributed by atoms with Crippen molar-refractivity contribution in [3.8, 4) is 0 Å². The smallest absolute Gasteiger partial charge is 0.303 e. The van der Waals surface area contributed by atoms with Gasteiger partial charge in [-0.3, -0.25) is 14.4 Å². The number of hydrogen-bond acceptors (Lipinski definition) is 6. The molecule has 176 valence electrons. The third kappa shape index (κ3) is 2.62. The van der Waals surface area contributed by atoms with Gasteiger partial charge < -0.3 is 14.9 Å². The van der Waals surface area contributed by atoms with E-state index in [1.807, 2.05) is 0 Å². The molecule has 0 aromatic heterocycles. The van der Waals surface area contributed by atoms with Crippen molar-refractivity contribution in [2.45, 2.75) is 69.7 Å². The lowest BCUT2D eigenvalue weighted by atomic mass is 9.45. The van der Waals surface area contributed by atoms with Crippen LogP contribution in [0, 0.1) is 28.6 Å². The molecular formula is C24H30ClFO6. The zero-order valence-corrected chi connectivity index (χ0v) is 19.5. The van der Waals surface area contributed by atoms with Gasteiger partial charge in [-0.15, -0.1) is 11.6 Å². The Morgan fingerprint density at radius 3 is 2.53 bits per heavy atom. The molecule has 0 heterocycles. The topological polar surface area (TPSA) is 101 Å². The molecule has 0 spiro atoms. The molecule has 8 heteroatoms. The van der Waals surface area contributed by atoms with Gasteiger partial charge >= 0.3 is 5.97 Å². The SMILES string of the molecule is CC(=O)O[C@@]1(C(=O)CO)C(C)C[C@H]2[C@@H]3CC(F)C4=CC(=O)C=C[C@]4(C)[C@@]3(Cl)[C@@H](O)C[C@@]21C. The highest BCUT2D eigenvalue weighted by Gasteiger charge is 2.77. The zero-order chi connectivity index (χ0) is 23.9.